The minimum atomic E-state index is -0.439. The van der Waals surface area contributed by atoms with Gasteiger partial charge < -0.3 is 9.84 Å². The largest absolute Gasteiger partial charge is 0.496 e. The maximum Gasteiger partial charge on any atom is 0.258 e. The van der Waals surface area contributed by atoms with Crippen molar-refractivity contribution in [1.29, 1.82) is 0 Å². The van der Waals surface area contributed by atoms with Gasteiger partial charge in [-0.3, -0.25) is 19.7 Å². The molecule has 1 aromatic heterocycles. The molecule has 0 atom stereocenters. The van der Waals surface area contributed by atoms with Crippen LogP contribution in [0.5, 0.6) is 11.6 Å². The number of fused-ring (bicyclic) bond motifs is 1. The van der Waals surface area contributed by atoms with Gasteiger partial charge in [-0.25, -0.2) is 4.39 Å². The monoisotopic (exact) mass is 485 g/mol. The number of rotatable bonds is 6. The van der Waals surface area contributed by atoms with Gasteiger partial charge in [0.1, 0.15) is 11.6 Å². The van der Waals surface area contributed by atoms with E-state index in [0.29, 0.717) is 27.6 Å². The SMILES string of the molecule is COc1cc2c(=O)[nH]c(O)c(C=Nc3ccc(CN4CCCCC4)cc3)c2cc1-c1ccc(F)cc1. The Hall–Kier alpha value is -3.97. The quantitative estimate of drug-likeness (QED) is 0.339. The molecule has 2 N–H and O–H groups in total. The van der Waals surface area contributed by atoms with Crippen molar-refractivity contribution in [3.63, 3.8) is 0 Å². The van der Waals surface area contributed by atoms with Crippen LogP contribution in [0.25, 0.3) is 21.9 Å². The summed E-state index contributed by atoms with van der Waals surface area (Å²) in [4.78, 5) is 22.1. The highest BCUT2D eigenvalue weighted by Crippen LogP contribution is 2.35. The van der Waals surface area contributed by atoms with Crippen LogP contribution in [0.3, 0.4) is 0 Å². The van der Waals surface area contributed by atoms with Gasteiger partial charge in [0.05, 0.1) is 23.7 Å². The first-order valence-electron chi connectivity index (χ1n) is 12.1. The third-order valence-electron chi connectivity index (χ3n) is 6.65. The molecule has 0 radical (unpaired) electrons. The number of nitrogens with one attached hydrogen (secondary N) is 1. The van der Waals surface area contributed by atoms with Crippen molar-refractivity contribution in [2.75, 3.05) is 20.2 Å². The fourth-order valence-corrected chi connectivity index (χ4v) is 4.72. The van der Waals surface area contributed by atoms with E-state index in [-0.39, 0.29) is 11.7 Å². The average molecular weight is 486 g/mol. The number of benzene rings is 3. The summed E-state index contributed by atoms with van der Waals surface area (Å²) in [6.07, 6.45) is 5.38. The Bertz CT molecular complexity index is 1450. The first-order chi connectivity index (χ1) is 17.5. The number of H-pyrrole nitrogens is 1. The summed E-state index contributed by atoms with van der Waals surface area (Å²) in [7, 11) is 1.51. The lowest BCUT2D eigenvalue weighted by molar-refractivity contribution is 0.221. The van der Waals surface area contributed by atoms with Crippen LogP contribution in [-0.2, 0) is 6.54 Å². The molecule has 6 nitrogen and oxygen atoms in total. The van der Waals surface area contributed by atoms with E-state index in [1.807, 2.05) is 12.1 Å². The number of halogens is 1. The van der Waals surface area contributed by atoms with Crippen LogP contribution in [0.15, 0.2) is 70.5 Å². The first-order valence-corrected chi connectivity index (χ1v) is 12.1. The summed E-state index contributed by atoms with van der Waals surface area (Å²) in [5.74, 6) is -0.145. The Morgan fingerprint density at radius 2 is 1.75 bits per heavy atom. The molecule has 36 heavy (non-hydrogen) atoms. The Morgan fingerprint density at radius 3 is 2.44 bits per heavy atom. The summed E-state index contributed by atoms with van der Waals surface area (Å²) in [5, 5.41) is 11.5. The van der Waals surface area contributed by atoms with E-state index in [9.17, 15) is 14.3 Å². The lowest BCUT2D eigenvalue weighted by Gasteiger charge is -2.26. The molecule has 0 aliphatic carbocycles. The van der Waals surface area contributed by atoms with E-state index >= 15 is 0 Å². The molecular weight excluding hydrogens is 457 g/mol. The maximum atomic E-state index is 13.5. The molecule has 0 spiro atoms. The van der Waals surface area contributed by atoms with Crippen LogP contribution in [0.1, 0.15) is 30.4 Å². The number of likely N-dealkylation sites (tertiary alicyclic amines) is 1. The number of hydrogen-bond donors (Lipinski definition) is 2. The van der Waals surface area contributed by atoms with Crippen LogP contribution in [-0.4, -0.2) is 41.4 Å². The number of aromatic nitrogens is 1. The van der Waals surface area contributed by atoms with Gasteiger partial charge in [-0.15, -0.1) is 0 Å². The van der Waals surface area contributed by atoms with E-state index < -0.39 is 5.56 Å². The van der Waals surface area contributed by atoms with Gasteiger partial charge in [-0.1, -0.05) is 30.7 Å². The fraction of sp³-hybridized carbons (Fsp3) is 0.241. The molecule has 0 unspecified atom stereocenters. The summed E-state index contributed by atoms with van der Waals surface area (Å²) in [5.41, 5.74) is 3.32. The molecule has 1 saturated heterocycles. The van der Waals surface area contributed by atoms with Crippen LogP contribution in [0, 0.1) is 5.82 Å². The lowest BCUT2D eigenvalue weighted by atomic mass is 9.98. The number of aliphatic imine (C=N–C) groups is 1. The Labute approximate surface area is 208 Å². The minimum Gasteiger partial charge on any atom is -0.496 e. The molecule has 1 fully saturated rings. The predicted molar refractivity (Wildman–Crippen MR) is 141 cm³/mol. The number of hydrogen-bond acceptors (Lipinski definition) is 5. The van der Waals surface area contributed by atoms with Crippen LogP contribution >= 0.6 is 0 Å². The van der Waals surface area contributed by atoms with E-state index in [4.69, 9.17) is 4.74 Å². The number of methoxy groups -OCH3 is 1. The lowest BCUT2D eigenvalue weighted by Crippen LogP contribution is -2.28. The molecule has 2 heterocycles. The standard InChI is InChI=1S/C29H28FN3O3/c1-36-27-16-25-24(15-23(27)20-7-9-21(30)10-8-20)26(29(35)32-28(25)34)17-31-22-11-5-19(6-12-22)18-33-13-3-2-4-14-33/h5-12,15-17H,2-4,13-14,18H2,1H3,(H2,32,34,35). The van der Waals surface area contributed by atoms with Crippen molar-refractivity contribution >= 4 is 22.7 Å². The van der Waals surface area contributed by atoms with Crippen LogP contribution in [0.4, 0.5) is 10.1 Å². The highest BCUT2D eigenvalue weighted by Gasteiger charge is 2.16. The van der Waals surface area contributed by atoms with Crippen molar-refractivity contribution in [3.8, 4) is 22.8 Å². The molecule has 1 aliphatic rings. The van der Waals surface area contributed by atoms with Gasteiger partial charge in [0.25, 0.3) is 5.56 Å². The topological polar surface area (TPSA) is 77.9 Å². The molecule has 1 aliphatic heterocycles. The van der Waals surface area contributed by atoms with Gasteiger partial charge in [0.2, 0.25) is 5.88 Å². The van der Waals surface area contributed by atoms with Gasteiger partial charge in [0, 0.05) is 23.7 Å². The summed E-state index contributed by atoms with van der Waals surface area (Å²) in [6.45, 7) is 3.22. The van der Waals surface area contributed by atoms with Gasteiger partial charge in [-0.2, -0.15) is 0 Å². The zero-order valence-electron chi connectivity index (χ0n) is 20.1. The Balaban J connectivity index is 1.49. The highest BCUT2D eigenvalue weighted by molar-refractivity contribution is 6.04. The maximum absolute atomic E-state index is 13.5. The molecule has 0 saturated carbocycles. The molecule has 184 valence electrons. The van der Waals surface area contributed by atoms with Crippen molar-refractivity contribution in [2.24, 2.45) is 4.99 Å². The molecule has 0 amide bonds. The number of pyridine rings is 1. The molecule has 3 aromatic carbocycles. The summed E-state index contributed by atoms with van der Waals surface area (Å²) >= 11 is 0. The number of aromatic amines is 1. The molecule has 4 aromatic rings. The smallest absolute Gasteiger partial charge is 0.258 e. The molecular formula is C29H28FN3O3. The van der Waals surface area contributed by atoms with Crippen LogP contribution in [0.2, 0.25) is 0 Å². The second-order valence-electron chi connectivity index (χ2n) is 9.08. The van der Waals surface area contributed by atoms with Gasteiger partial charge >= 0.3 is 0 Å². The zero-order valence-corrected chi connectivity index (χ0v) is 20.1. The van der Waals surface area contributed by atoms with Crippen molar-refractivity contribution < 1.29 is 14.2 Å². The average Bonchev–Trinajstić information content (AvgIpc) is 2.90. The predicted octanol–water partition coefficient (Wildman–Crippen LogP) is 5.78. The molecule has 0 bridgehead atoms. The summed E-state index contributed by atoms with van der Waals surface area (Å²) < 4.78 is 19.0. The normalized spacial score (nSPS) is 14.5. The Kier molecular flexibility index (Phi) is 6.82. The van der Waals surface area contributed by atoms with Gasteiger partial charge in [-0.05, 0) is 73.5 Å². The Morgan fingerprint density at radius 1 is 1.03 bits per heavy atom. The van der Waals surface area contributed by atoms with E-state index in [0.717, 1.165) is 30.9 Å². The first kappa shape index (κ1) is 23.8. The highest BCUT2D eigenvalue weighted by atomic mass is 19.1. The number of ether oxygens (including phenoxy) is 1. The zero-order chi connectivity index (χ0) is 25.1. The second-order valence-corrected chi connectivity index (χ2v) is 9.08. The van der Waals surface area contributed by atoms with Crippen molar-refractivity contribution in [1.82, 2.24) is 9.88 Å². The van der Waals surface area contributed by atoms with E-state index in [2.05, 4.69) is 27.0 Å². The summed E-state index contributed by atoms with van der Waals surface area (Å²) in [6, 6.07) is 17.5. The van der Waals surface area contributed by atoms with E-state index in [1.54, 1.807) is 30.5 Å². The minimum absolute atomic E-state index is 0.270. The third-order valence-corrected chi connectivity index (χ3v) is 6.65. The van der Waals surface area contributed by atoms with E-state index in [1.165, 1.54) is 44.1 Å². The second kappa shape index (κ2) is 10.3. The molecule has 5 rings (SSSR count). The third kappa shape index (κ3) is 5.02. The molecule has 7 heteroatoms. The number of nitrogens with zero attached hydrogens (tertiary/aromatic N) is 2. The number of piperidine rings is 1. The van der Waals surface area contributed by atoms with Crippen molar-refractivity contribution in [2.45, 2.75) is 25.8 Å². The van der Waals surface area contributed by atoms with Crippen LogP contribution < -0.4 is 10.3 Å². The fourth-order valence-electron chi connectivity index (χ4n) is 4.72. The number of aromatic hydroxyl groups is 1. The van der Waals surface area contributed by atoms with Gasteiger partial charge in [0.15, 0.2) is 0 Å². The van der Waals surface area contributed by atoms with Crippen molar-refractivity contribution in [3.05, 3.63) is 88.0 Å².